The van der Waals surface area contributed by atoms with E-state index >= 15 is 0 Å². The van der Waals surface area contributed by atoms with E-state index in [1.54, 1.807) is 50.4 Å². The predicted molar refractivity (Wildman–Crippen MR) is 164 cm³/mol. The Kier molecular flexibility index (Phi) is 8.87. The van der Waals surface area contributed by atoms with Crippen molar-refractivity contribution in [3.63, 3.8) is 0 Å². The molecule has 3 aromatic heterocycles. The Balaban J connectivity index is 1.28. The van der Waals surface area contributed by atoms with Gasteiger partial charge in [-0.05, 0) is 32.4 Å². The molecule has 15 heteroatoms. The first-order chi connectivity index (χ1) is 22.6. The van der Waals surface area contributed by atoms with Crippen LogP contribution in [-0.2, 0) is 11.3 Å². The van der Waals surface area contributed by atoms with Gasteiger partial charge in [-0.25, -0.2) is 37.5 Å². The van der Waals surface area contributed by atoms with E-state index in [0.29, 0.717) is 28.2 Å². The van der Waals surface area contributed by atoms with Crippen LogP contribution in [0.4, 0.5) is 29.2 Å². The number of likely N-dealkylation sites (tertiary alicyclic amines) is 1. The topological polar surface area (TPSA) is 120 Å². The minimum absolute atomic E-state index is 0.0435. The van der Waals surface area contributed by atoms with Crippen LogP contribution in [0.3, 0.4) is 0 Å². The minimum atomic E-state index is -2.83. The van der Waals surface area contributed by atoms with Crippen LogP contribution >= 0.6 is 0 Å². The van der Waals surface area contributed by atoms with E-state index in [2.05, 4.69) is 30.4 Å². The first kappa shape index (κ1) is 31.6. The van der Waals surface area contributed by atoms with E-state index in [0.717, 1.165) is 17.0 Å². The third-order valence-electron chi connectivity index (χ3n) is 7.37. The second-order valence-electron chi connectivity index (χ2n) is 10.9. The van der Waals surface area contributed by atoms with E-state index in [4.69, 9.17) is 9.47 Å². The maximum atomic E-state index is 15.0. The van der Waals surface area contributed by atoms with Crippen LogP contribution in [0.15, 0.2) is 54.9 Å². The maximum Gasteiger partial charge on any atom is 0.282 e. The van der Waals surface area contributed by atoms with Crippen molar-refractivity contribution in [1.29, 1.82) is 0 Å². The van der Waals surface area contributed by atoms with E-state index in [9.17, 15) is 22.4 Å². The summed E-state index contributed by atoms with van der Waals surface area (Å²) >= 11 is 0. The Labute approximate surface area is 266 Å². The highest BCUT2D eigenvalue weighted by Crippen LogP contribution is 2.32. The lowest BCUT2D eigenvalue weighted by Gasteiger charge is -2.38. The molecule has 1 fully saturated rings. The van der Waals surface area contributed by atoms with Gasteiger partial charge >= 0.3 is 0 Å². The molecule has 0 unspecified atom stereocenters. The zero-order valence-corrected chi connectivity index (χ0v) is 25.5. The molecular formula is C32H30F4N8O3. The summed E-state index contributed by atoms with van der Waals surface area (Å²) in [5, 5.41) is 8.42. The zero-order chi connectivity index (χ0) is 33.1. The number of alkyl halides is 2. The molecule has 2 aromatic carbocycles. The summed E-state index contributed by atoms with van der Waals surface area (Å²) in [7, 11) is 0. The number of rotatable bonds is 12. The number of fused-ring (bicyclic) bond motifs is 1. The molecule has 0 saturated carbocycles. The van der Waals surface area contributed by atoms with Crippen LogP contribution in [0, 0.1) is 18.6 Å². The van der Waals surface area contributed by atoms with Gasteiger partial charge in [0.15, 0.2) is 17.4 Å². The Morgan fingerprint density at radius 3 is 2.53 bits per heavy atom. The van der Waals surface area contributed by atoms with Gasteiger partial charge in [0.2, 0.25) is 5.91 Å². The largest absolute Gasteiger partial charge is 0.494 e. The van der Waals surface area contributed by atoms with Crippen molar-refractivity contribution in [2.75, 3.05) is 31.6 Å². The monoisotopic (exact) mass is 650 g/mol. The summed E-state index contributed by atoms with van der Waals surface area (Å²) in [6, 6.07) is 11.1. The Morgan fingerprint density at radius 1 is 1.04 bits per heavy atom. The predicted octanol–water partition coefficient (Wildman–Crippen LogP) is 5.70. The van der Waals surface area contributed by atoms with Crippen molar-refractivity contribution in [3.05, 3.63) is 77.9 Å². The smallest absolute Gasteiger partial charge is 0.282 e. The number of carbonyl (C=O) groups excluding carboxylic acids is 1. The summed E-state index contributed by atoms with van der Waals surface area (Å²) < 4.78 is 68.8. The highest BCUT2D eigenvalue weighted by molar-refractivity contribution is 5.92. The maximum absolute atomic E-state index is 15.0. The molecule has 0 bridgehead atoms. The molecule has 1 aliphatic rings. The normalized spacial score (nSPS) is 13.8. The summed E-state index contributed by atoms with van der Waals surface area (Å²) in [5.41, 5.74) is 0.781. The number of aryl methyl sites for hydroxylation is 1. The van der Waals surface area contributed by atoms with E-state index in [1.165, 1.54) is 10.9 Å². The molecule has 0 radical (unpaired) electrons. The standard InChI is InChI=1S/C32H30F4N8O3/c1-3-46-20-13-23(33)22(24(34)14-20)16-44-25-8-5-4-7-21(25)29(42-44)31-38-15-26(30(41-31)40-27-10-11-37-19(2)39-27)47-12-6-9-28(45)43-17-32(35,36)18-43/h4-5,7-8,10-11,13-15H,3,6,9,12,16-18H2,1-2H3,(H,37,38,39,40,41). The minimum Gasteiger partial charge on any atom is -0.494 e. The summed E-state index contributed by atoms with van der Waals surface area (Å²) in [6.07, 6.45) is 3.34. The lowest BCUT2D eigenvalue weighted by atomic mass is 10.1. The van der Waals surface area contributed by atoms with E-state index in [-0.39, 0.29) is 67.2 Å². The first-order valence-corrected chi connectivity index (χ1v) is 14.9. The Bertz CT molecular complexity index is 1910. The Morgan fingerprint density at radius 2 is 1.81 bits per heavy atom. The van der Waals surface area contributed by atoms with Gasteiger partial charge in [0.05, 0.1) is 44.6 Å². The molecular weight excluding hydrogens is 620 g/mol. The summed E-state index contributed by atoms with van der Waals surface area (Å²) in [4.78, 5) is 30.9. The highest BCUT2D eigenvalue weighted by atomic mass is 19.3. The van der Waals surface area contributed by atoms with Gasteiger partial charge in [-0.15, -0.1) is 0 Å². The average molecular weight is 651 g/mol. The summed E-state index contributed by atoms with van der Waals surface area (Å²) in [6.45, 7) is 2.48. The van der Waals surface area contributed by atoms with E-state index < -0.39 is 30.6 Å². The van der Waals surface area contributed by atoms with Crippen LogP contribution in [0.25, 0.3) is 22.4 Å². The fraction of sp³-hybridized carbons (Fsp3) is 0.312. The van der Waals surface area contributed by atoms with Gasteiger partial charge < -0.3 is 19.7 Å². The van der Waals surface area contributed by atoms with Crippen LogP contribution in [0.1, 0.15) is 31.2 Å². The number of carbonyl (C=O) groups is 1. The zero-order valence-electron chi connectivity index (χ0n) is 25.5. The molecule has 0 aliphatic carbocycles. The van der Waals surface area contributed by atoms with Crippen molar-refractivity contribution >= 4 is 28.4 Å². The highest BCUT2D eigenvalue weighted by Gasteiger charge is 2.45. The van der Waals surface area contributed by atoms with E-state index in [1.807, 2.05) is 0 Å². The van der Waals surface area contributed by atoms with Crippen LogP contribution < -0.4 is 14.8 Å². The third-order valence-corrected chi connectivity index (χ3v) is 7.37. The summed E-state index contributed by atoms with van der Waals surface area (Å²) in [5.74, 6) is -2.99. The first-order valence-electron chi connectivity index (χ1n) is 14.9. The van der Waals surface area contributed by atoms with Gasteiger partial charge in [0.1, 0.15) is 34.7 Å². The molecule has 5 aromatic rings. The molecule has 0 spiro atoms. The second kappa shape index (κ2) is 13.2. The number of amides is 1. The van der Waals surface area contributed by atoms with Crippen molar-refractivity contribution in [2.45, 2.75) is 39.2 Å². The second-order valence-corrected chi connectivity index (χ2v) is 10.9. The van der Waals surface area contributed by atoms with Gasteiger partial charge in [0.25, 0.3) is 5.92 Å². The van der Waals surface area contributed by atoms with Gasteiger partial charge in [-0.2, -0.15) is 5.10 Å². The molecule has 1 N–H and O–H groups in total. The molecule has 1 amide bonds. The molecule has 1 aliphatic heterocycles. The lowest BCUT2D eigenvalue weighted by Crippen LogP contribution is -2.58. The third kappa shape index (κ3) is 7.08. The molecule has 47 heavy (non-hydrogen) atoms. The lowest BCUT2D eigenvalue weighted by molar-refractivity contribution is -0.165. The molecule has 244 valence electrons. The number of nitrogens with one attached hydrogen (secondary N) is 1. The van der Waals surface area contributed by atoms with Crippen molar-refractivity contribution < 1.29 is 31.8 Å². The quantitative estimate of drug-likeness (QED) is 0.134. The number of para-hydroxylation sites is 1. The SMILES string of the molecule is CCOc1cc(F)c(Cn2nc(-c3ncc(OCCCC(=O)N4CC(F)(F)C4)c(Nc4ccnc(C)n4)n3)c3ccccc32)c(F)c1. The van der Waals surface area contributed by atoms with Gasteiger partial charge in [-0.3, -0.25) is 9.48 Å². The number of ether oxygens (including phenoxy) is 2. The van der Waals surface area contributed by atoms with Gasteiger partial charge in [-0.1, -0.05) is 18.2 Å². The number of aromatic nitrogens is 6. The molecule has 11 nitrogen and oxygen atoms in total. The number of halogens is 4. The van der Waals surface area contributed by atoms with Crippen molar-refractivity contribution in [2.24, 2.45) is 0 Å². The molecule has 1 saturated heterocycles. The molecule has 6 rings (SSSR count). The van der Waals surface area contributed by atoms with Crippen LogP contribution in [0.5, 0.6) is 11.5 Å². The number of nitrogens with zero attached hydrogens (tertiary/aromatic N) is 7. The number of hydrogen-bond acceptors (Lipinski definition) is 9. The number of benzene rings is 2. The molecule has 4 heterocycles. The number of hydrogen-bond donors (Lipinski definition) is 1. The fourth-order valence-electron chi connectivity index (χ4n) is 5.12. The Hall–Kier alpha value is -5.34. The van der Waals surface area contributed by atoms with Gasteiger partial charge in [0, 0.05) is 35.7 Å². The number of anilines is 2. The van der Waals surface area contributed by atoms with Crippen molar-refractivity contribution in [1.82, 2.24) is 34.6 Å². The van der Waals surface area contributed by atoms with Crippen LogP contribution in [0.2, 0.25) is 0 Å². The molecule has 0 atom stereocenters. The van der Waals surface area contributed by atoms with Crippen molar-refractivity contribution in [3.8, 4) is 23.0 Å². The van der Waals surface area contributed by atoms with Crippen LogP contribution in [-0.4, -0.2) is 72.7 Å². The average Bonchev–Trinajstić information content (AvgIpc) is 3.39. The fourth-order valence-corrected chi connectivity index (χ4v) is 5.12.